The van der Waals surface area contributed by atoms with Gasteiger partial charge in [0, 0.05) is 12.0 Å². The molecule has 5 aromatic rings. The maximum absolute atomic E-state index is 9.34. The number of rotatable bonds is 7. The topological polar surface area (TPSA) is 59.1 Å². The zero-order valence-electron chi connectivity index (χ0n) is 19.6. The van der Waals surface area contributed by atoms with Crippen LogP contribution in [0.3, 0.4) is 0 Å². The van der Waals surface area contributed by atoms with Crippen molar-refractivity contribution in [2.45, 2.75) is 26.4 Å². The van der Waals surface area contributed by atoms with Gasteiger partial charge in [-0.3, -0.25) is 0 Å². The Hall–Kier alpha value is -3.78. The maximum atomic E-state index is 9.34. The molecule has 0 spiro atoms. The lowest BCUT2D eigenvalue weighted by atomic mass is 9.99. The van der Waals surface area contributed by atoms with Crippen molar-refractivity contribution in [1.82, 2.24) is 5.16 Å². The Morgan fingerprint density at radius 2 is 1.64 bits per heavy atom. The third kappa shape index (κ3) is 4.68. The highest BCUT2D eigenvalue weighted by Gasteiger charge is 2.21. The molecule has 178 valence electrons. The van der Waals surface area contributed by atoms with E-state index in [0.29, 0.717) is 26.9 Å². The minimum atomic E-state index is 0.280. The molecule has 0 amide bonds. The van der Waals surface area contributed by atoms with Crippen LogP contribution in [0.15, 0.2) is 83.4 Å². The molecular weight excluding hydrogens is 491 g/mol. The summed E-state index contributed by atoms with van der Waals surface area (Å²) in [5.74, 6) is 1.50. The Morgan fingerprint density at radius 3 is 2.36 bits per heavy atom. The van der Waals surface area contributed by atoms with Gasteiger partial charge in [0.15, 0.2) is 0 Å². The van der Waals surface area contributed by atoms with Gasteiger partial charge in [0.25, 0.3) is 0 Å². The third-order valence-corrected chi connectivity index (χ3v) is 6.75. The molecule has 0 fully saturated rings. The van der Waals surface area contributed by atoms with Crippen LogP contribution in [-0.2, 0) is 13.0 Å². The van der Waals surface area contributed by atoms with E-state index in [2.05, 4.69) is 24.2 Å². The predicted molar refractivity (Wildman–Crippen MR) is 144 cm³/mol. The monoisotopic (exact) mass is 512 g/mol. The van der Waals surface area contributed by atoms with E-state index in [1.807, 2.05) is 54.6 Å². The number of halogens is 2. The average Bonchev–Trinajstić information content (AvgIpc) is 3.29. The van der Waals surface area contributed by atoms with Crippen LogP contribution in [0, 0.1) is 11.3 Å². The molecule has 4 aromatic carbocycles. The van der Waals surface area contributed by atoms with Crippen molar-refractivity contribution >= 4 is 34.0 Å². The van der Waals surface area contributed by atoms with Gasteiger partial charge in [-0.25, -0.2) is 0 Å². The Kier molecular flexibility index (Phi) is 6.95. The molecule has 1 heterocycles. The molecule has 36 heavy (non-hydrogen) atoms. The molecule has 0 aliphatic heterocycles. The highest BCUT2D eigenvalue weighted by Crippen LogP contribution is 2.37. The van der Waals surface area contributed by atoms with Gasteiger partial charge in [-0.05, 0) is 64.7 Å². The van der Waals surface area contributed by atoms with E-state index in [9.17, 15) is 5.26 Å². The summed E-state index contributed by atoms with van der Waals surface area (Å²) < 4.78 is 11.8. The first-order valence-electron chi connectivity index (χ1n) is 11.7. The molecule has 0 radical (unpaired) electrons. The first-order valence-corrected chi connectivity index (χ1v) is 12.4. The van der Waals surface area contributed by atoms with Gasteiger partial charge in [-0.1, -0.05) is 77.7 Å². The highest BCUT2D eigenvalue weighted by molar-refractivity contribution is 6.39. The van der Waals surface area contributed by atoms with E-state index in [4.69, 9.17) is 32.5 Å². The fourth-order valence-electron chi connectivity index (χ4n) is 4.30. The zero-order chi connectivity index (χ0) is 25.1. The number of hydrogen-bond acceptors (Lipinski definition) is 4. The molecule has 0 N–H and O–H groups in total. The second-order valence-corrected chi connectivity index (χ2v) is 9.26. The molecule has 0 atom stereocenters. The number of nitrogens with zero attached hydrogens (tertiary/aromatic N) is 2. The maximum Gasteiger partial charge on any atom is 0.143 e. The van der Waals surface area contributed by atoms with Crippen molar-refractivity contribution in [2.75, 3.05) is 0 Å². The van der Waals surface area contributed by atoms with E-state index >= 15 is 0 Å². The number of fused-ring (bicyclic) bond motifs is 1. The summed E-state index contributed by atoms with van der Waals surface area (Å²) in [5, 5.41) is 16.6. The van der Waals surface area contributed by atoms with Crippen LogP contribution in [0.2, 0.25) is 10.0 Å². The molecule has 0 bridgehead atoms. The Morgan fingerprint density at radius 1 is 0.917 bits per heavy atom. The lowest BCUT2D eigenvalue weighted by Crippen LogP contribution is -2.00. The van der Waals surface area contributed by atoms with Gasteiger partial charge in [-0.15, -0.1) is 0 Å². The second kappa shape index (κ2) is 10.5. The third-order valence-electron chi connectivity index (χ3n) is 6.12. The molecular formula is C30H22Cl2N2O2. The van der Waals surface area contributed by atoms with Crippen molar-refractivity contribution in [3.8, 4) is 34.2 Å². The first kappa shape index (κ1) is 23.9. The summed E-state index contributed by atoms with van der Waals surface area (Å²) in [6.45, 7) is 2.36. The van der Waals surface area contributed by atoms with Crippen LogP contribution >= 0.6 is 23.2 Å². The van der Waals surface area contributed by atoms with Crippen molar-refractivity contribution < 1.29 is 9.26 Å². The van der Waals surface area contributed by atoms with Gasteiger partial charge in [-0.2, -0.15) is 5.26 Å². The summed E-state index contributed by atoms with van der Waals surface area (Å²) in [6, 6.07) is 27.5. The normalized spacial score (nSPS) is 10.9. The molecule has 6 heteroatoms. The zero-order valence-corrected chi connectivity index (χ0v) is 21.1. The van der Waals surface area contributed by atoms with Crippen molar-refractivity contribution in [2.24, 2.45) is 0 Å². The molecule has 0 aliphatic rings. The van der Waals surface area contributed by atoms with Gasteiger partial charge in [0.1, 0.15) is 23.8 Å². The van der Waals surface area contributed by atoms with E-state index in [-0.39, 0.29) is 6.61 Å². The Bertz CT molecular complexity index is 1560. The number of nitriles is 1. The molecule has 0 saturated carbocycles. The molecule has 5 rings (SSSR count). The van der Waals surface area contributed by atoms with E-state index < -0.39 is 0 Å². The quantitative estimate of drug-likeness (QED) is 0.218. The highest BCUT2D eigenvalue weighted by atomic mass is 35.5. The van der Waals surface area contributed by atoms with Gasteiger partial charge in [0.05, 0.1) is 27.2 Å². The van der Waals surface area contributed by atoms with E-state index in [1.165, 1.54) is 0 Å². The van der Waals surface area contributed by atoms with Crippen LogP contribution in [-0.4, -0.2) is 5.16 Å². The SMILES string of the molecule is CCCc1onc(-c2c(Cl)cccc2Cl)c1COc1ccc(-c2ccc3c(C#N)cccc3c2)cc1. The number of ether oxygens (including phenoxy) is 1. The van der Waals surface area contributed by atoms with Gasteiger partial charge >= 0.3 is 0 Å². The Balaban J connectivity index is 1.39. The first-order chi connectivity index (χ1) is 17.6. The molecule has 0 saturated heterocycles. The Labute approximate surface area is 219 Å². The smallest absolute Gasteiger partial charge is 0.143 e. The van der Waals surface area contributed by atoms with Crippen LogP contribution in [0.5, 0.6) is 5.75 Å². The summed E-state index contributed by atoms with van der Waals surface area (Å²) in [6.07, 6.45) is 1.65. The predicted octanol–water partition coefficient (Wildman–Crippen LogP) is 8.87. The van der Waals surface area contributed by atoms with Crippen LogP contribution in [0.25, 0.3) is 33.2 Å². The minimum absolute atomic E-state index is 0.280. The number of hydrogen-bond donors (Lipinski definition) is 0. The summed E-state index contributed by atoms with van der Waals surface area (Å²) >= 11 is 12.9. The van der Waals surface area contributed by atoms with Crippen LogP contribution < -0.4 is 4.74 Å². The van der Waals surface area contributed by atoms with Gasteiger partial charge < -0.3 is 9.26 Å². The standard InChI is InChI=1S/C30H22Cl2N2O2/c1-2-5-28-25(30(34-36-28)29-26(31)8-4-9-27(29)32)18-35-23-13-10-19(11-14-23)20-12-15-24-21(16-20)6-3-7-22(24)17-33/h3-4,6-16H,2,5,18H2,1H3. The minimum Gasteiger partial charge on any atom is -0.489 e. The fourth-order valence-corrected chi connectivity index (χ4v) is 4.87. The lowest BCUT2D eigenvalue weighted by Gasteiger charge is -2.10. The molecule has 1 aromatic heterocycles. The second-order valence-electron chi connectivity index (χ2n) is 8.45. The van der Waals surface area contributed by atoms with Gasteiger partial charge in [0.2, 0.25) is 0 Å². The number of aryl methyl sites for hydroxylation is 1. The molecule has 4 nitrogen and oxygen atoms in total. The number of aromatic nitrogens is 1. The average molecular weight is 513 g/mol. The summed E-state index contributed by atoms with van der Waals surface area (Å²) in [5.41, 5.74) is 4.92. The summed E-state index contributed by atoms with van der Waals surface area (Å²) in [7, 11) is 0. The van der Waals surface area contributed by atoms with E-state index in [1.54, 1.807) is 18.2 Å². The molecule has 0 unspecified atom stereocenters. The van der Waals surface area contributed by atoms with Crippen molar-refractivity contribution in [3.05, 3.63) is 106 Å². The fraction of sp³-hybridized carbons (Fsp3) is 0.133. The van der Waals surface area contributed by atoms with Crippen LogP contribution in [0.1, 0.15) is 30.2 Å². The number of benzene rings is 4. The largest absolute Gasteiger partial charge is 0.489 e. The van der Waals surface area contributed by atoms with Crippen LogP contribution in [0.4, 0.5) is 0 Å². The lowest BCUT2D eigenvalue weighted by molar-refractivity contribution is 0.300. The molecule has 0 aliphatic carbocycles. The summed E-state index contributed by atoms with van der Waals surface area (Å²) in [4.78, 5) is 0. The van der Waals surface area contributed by atoms with Crippen molar-refractivity contribution in [1.29, 1.82) is 5.26 Å². The van der Waals surface area contributed by atoms with E-state index in [0.717, 1.165) is 51.8 Å². The van der Waals surface area contributed by atoms with Crippen molar-refractivity contribution in [3.63, 3.8) is 0 Å².